The van der Waals surface area contributed by atoms with E-state index in [4.69, 9.17) is 0 Å². The van der Waals surface area contributed by atoms with Crippen LogP contribution in [0.5, 0.6) is 5.75 Å². The van der Waals surface area contributed by atoms with Crippen molar-refractivity contribution in [1.82, 2.24) is 5.32 Å². The van der Waals surface area contributed by atoms with Crippen LogP contribution in [-0.2, 0) is 6.54 Å². The molecule has 0 amide bonds. The minimum Gasteiger partial charge on any atom is -0.435 e. The van der Waals surface area contributed by atoms with E-state index in [1.54, 1.807) is 12.1 Å². The molecule has 0 fully saturated rings. The van der Waals surface area contributed by atoms with Crippen molar-refractivity contribution in [2.75, 3.05) is 7.05 Å². The van der Waals surface area contributed by atoms with Crippen LogP contribution in [0.2, 0.25) is 0 Å². The van der Waals surface area contributed by atoms with Crippen molar-refractivity contribution in [3.8, 4) is 5.75 Å². The molecule has 1 rings (SSSR count). The highest BCUT2D eigenvalue weighted by molar-refractivity contribution is 5.85. The summed E-state index contributed by atoms with van der Waals surface area (Å²) < 4.78 is 27.7. The molecule has 0 saturated carbocycles. The maximum absolute atomic E-state index is 11.7. The summed E-state index contributed by atoms with van der Waals surface area (Å²) in [6, 6.07) is 6.54. The maximum Gasteiger partial charge on any atom is 0.387 e. The second-order valence-corrected chi connectivity index (χ2v) is 2.55. The topological polar surface area (TPSA) is 21.3 Å². The number of hydrogen-bond acceptors (Lipinski definition) is 2. The normalized spacial score (nSPS) is 9.71. The van der Waals surface area contributed by atoms with Gasteiger partial charge in [0, 0.05) is 6.54 Å². The van der Waals surface area contributed by atoms with Crippen molar-refractivity contribution in [3.05, 3.63) is 29.8 Å². The molecular weight excluding hydrogens is 212 g/mol. The van der Waals surface area contributed by atoms with E-state index >= 15 is 0 Å². The van der Waals surface area contributed by atoms with E-state index < -0.39 is 6.61 Å². The molecule has 0 aliphatic carbocycles. The van der Waals surface area contributed by atoms with Crippen LogP contribution in [0.3, 0.4) is 0 Å². The molecule has 1 aromatic carbocycles. The standard InChI is InChI=1S/C9H11F2NO.ClH/c1-12-6-7-2-4-8(5-3-7)13-9(10)11;/h2-5,9,12H,6H2,1H3;1H. The Kier molecular flexibility index (Phi) is 6.16. The third-order valence-corrected chi connectivity index (χ3v) is 1.53. The van der Waals surface area contributed by atoms with Gasteiger partial charge in [-0.25, -0.2) is 0 Å². The van der Waals surface area contributed by atoms with Gasteiger partial charge in [-0.05, 0) is 24.7 Å². The Bertz CT molecular complexity index is 253. The van der Waals surface area contributed by atoms with Gasteiger partial charge < -0.3 is 10.1 Å². The minimum atomic E-state index is -2.75. The molecule has 0 radical (unpaired) electrons. The number of halogens is 3. The summed E-state index contributed by atoms with van der Waals surface area (Å²) in [4.78, 5) is 0. The molecule has 80 valence electrons. The van der Waals surface area contributed by atoms with Gasteiger partial charge >= 0.3 is 6.61 Å². The smallest absolute Gasteiger partial charge is 0.387 e. The quantitative estimate of drug-likeness (QED) is 0.847. The molecular formula is C9H12ClF2NO. The first-order chi connectivity index (χ1) is 6.22. The number of ether oxygens (including phenoxy) is 1. The van der Waals surface area contributed by atoms with Crippen molar-refractivity contribution in [2.24, 2.45) is 0 Å². The second kappa shape index (κ2) is 6.56. The van der Waals surface area contributed by atoms with E-state index in [9.17, 15) is 8.78 Å². The van der Waals surface area contributed by atoms with E-state index in [1.165, 1.54) is 12.1 Å². The van der Waals surface area contributed by atoms with E-state index in [0.29, 0.717) is 0 Å². The van der Waals surface area contributed by atoms with Gasteiger partial charge in [-0.15, -0.1) is 12.4 Å². The van der Waals surface area contributed by atoms with Gasteiger partial charge in [0.2, 0.25) is 0 Å². The number of benzene rings is 1. The van der Waals surface area contributed by atoms with E-state index in [1.807, 2.05) is 7.05 Å². The fourth-order valence-corrected chi connectivity index (χ4v) is 0.993. The van der Waals surface area contributed by atoms with Crippen LogP contribution >= 0.6 is 12.4 Å². The molecule has 0 unspecified atom stereocenters. The molecule has 5 heteroatoms. The third-order valence-electron chi connectivity index (χ3n) is 1.53. The van der Waals surface area contributed by atoms with Crippen LogP contribution in [0.4, 0.5) is 8.78 Å². The first-order valence-electron chi connectivity index (χ1n) is 3.90. The number of hydrogen-bond donors (Lipinski definition) is 1. The zero-order valence-electron chi connectivity index (χ0n) is 7.67. The van der Waals surface area contributed by atoms with Gasteiger partial charge in [-0.3, -0.25) is 0 Å². The van der Waals surface area contributed by atoms with Crippen LogP contribution in [0.15, 0.2) is 24.3 Å². The summed E-state index contributed by atoms with van der Waals surface area (Å²) in [7, 11) is 1.82. The average molecular weight is 224 g/mol. The van der Waals surface area contributed by atoms with Crippen molar-refractivity contribution < 1.29 is 13.5 Å². The van der Waals surface area contributed by atoms with Crippen molar-refractivity contribution >= 4 is 12.4 Å². The maximum atomic E-state index is 11.7. The first-order valence-corrected chi connectivity index (χ1v) is 3.90. The lowest BCUT2D eigenvalue weighted by molar-refractivity contribution is -0.0498. The lowest BCUT2D eigenvalue weighted by atomic mass is 10.2. The lowest BCUT2D eigenvalue weighted by Crippen LogP contribution is -2.05. The summed E-state index contributed by atoms with van der Waals surface area (Å²) >= 11 is 0. The van der Waals surface area contributed by atoms with Gasteiger partial charge in [0.15, 0.2) is 0 Å². The third kappa shape index (κ3) is 4.39. The van der Waals surface area contributed by atoms with E-state index in [-0.39, 0.29) is 18.2 Å². The Morgan fingerprint density at radius 3 is 2.29 bits per heavy atom. The van der Waals surface area contributed by atoms with Crippen molar-refractivity contribution in [3.63, 3.8) is 0 Å². The molecule has 0 atom stereocenters. The molecule has 0 aliphatic rings. The largest absolute Gasteiger partial charge is 0.435 e. The summed E-state index contributed by atoms with van der Waals surface area (Å²) in [6.07, 6.45) is 0. The highest BCUT2D eigenvalue weighted by atomic mass is 35.5. The van der Waals surface area contributed by atoms with E-state index in [0.717, 1.165) is 12.1 Å². The average Bonchev–Trinajstić information content (AvgIpc) is 2.08. The molecule has 0 bridgehead atoms. The molecule has 1 N–H and O–H groups in total. The molecule has 0 aromatic heterocycles. The van der Waals surface area contributed by atoms with Gasteiger partial charge in [-0.1, -0.05) is 12.1 Å². The highest BCUT2D eigenvalue weighted by Crippen LogP contribution is 2.14. The number of rotatable bonds is 4. The molecule has 14 heavy (non-hydrogen) atoms. The Labute approximate surface area is 87.7 Å². The lowest BCUT2D eigenvalue weighted by Gasteiger charge is -2.05. The van der Waals surface area contributed by atoms with Crippen LogP contribution in [0.25, 0.3) is 0 Å². The first kappa shape index (κ1) is 13.1. The Morgan fingerprint density at radius 1 is 1.29 bits per heavy atom. The monoisotopic (exact) mass is 223 g/mol. The Hall–Kier alpha value is -0.870. The zero-order chi connectivity index (χ0) is 9.68. The van der Waals surface area contributed by atoms with Gasteiger partial charge in [0.1, 0.15) is 5.75 Å². The zero-order valence-corrected chi connectivity index (χ0v) is 8.48. The minimum absolute atomic E-state index is 0. The molecule has 2 nitrogen and oxygen atoms in total. The SMILES string of the molecule is CNCc1ccc(OC(F)F)cc1.Cl. The Morgan fingerprint density at radius 2 is 1.86 bits per heavy atom. The predicted octanol–water partition coefficient (Wildman–Crippen LogP) is 2.43. The van der Waals surface area contributed by atoms with Crippen LogP contribution < -0.4 is 10.1 Å². The van der Waals surface area contributed by atoms with E-state index in [2.05, 4.69) is 10.1 Å². The van der Waals surface area contributed by atoms with Gasteiger partial charge in [0.05, 0.1) is 0 Å². The fourth-order valence-electron chi connectivity index (χ4n) is 0.993. The fraction of sp³-hybridized carbons (Fsp3) is 0.333. The molecule has 0 aliphatic heterocycles. The van der Waals surface area contributed by atoms with Gasteiger partial charge in [0.25, 0.3) is 0 Å². The molecule has 0 spiro atoms. The Balaban J connectivity index is 0.00000169. The molecule has 0 saturated heterocycles. The molecule has 0 heterocycles. The number of alkyl halides is 2. The summed E-state index contributed by atoms with van der Waals surface area (Å²) in [5.74, 6) is 0.190. The summed E-state index contributed by atoms with van der Waals surface area (Å²) in [5.41, 5.74) is 1.03. The summed E-state index contributed by atoms with van der Waals surface area (Å²) in [5, 5.41) is 2.96. The molecule has 1 aromatic rings. The summed E-state index contributed by atoms with van der Waals surface area (Å²) in [6.45, 7) is -2.04. The number of nitrogens with one attached hydrogen (secondary N) is 1. The van der Waals surface area contributed by atoms with Crippen LogP contribution in [0, 0.1) is 0 Å². The highest BCUT2D eigenvalue weighted by Gasteiger charge is 2.02. The van der Waals surface area contributed by atoms with Crippen molar-refractivity contribution in [1.29, 1.82) is 0 Å². The van der Waals surface area contributed by atoms with Gasteiger partial charge in [-0.2, -0.15) is 8.78 Å². The van der Waals surface area contributed by atoms with Crippen LogP contribution in [0.1, 0.15) is 5.56 Å². The van der Waals surface area contributed by atoms with Crippen molar-refractivity contribution in [2.45, 2.75) is 13.2 Å². The second-order valence-electron chi connectivity index (χ2n) is 2.55. The predicted molar refractivity (Wildman–Crippen MR) is 53.1 cm³/mol. The van der Waals surface area contributed by atoms with Crippen LogP contribution in [-0.4, -0.2) is 13.7 Å².